The Morgan fingerprint density at radius 1 is 0.821 bits per heavy atom. The summed E-state index contributed by atoms with van der Waals surface area (Å²) in [7, 11) is 2.91. The van der Waals surface area contributed by atoms with Gasteiger partial charge < -0.3 is 24.1 Å². The highest BCUT2D eigenvalue weighted by Crippen LogP contribution is 2.44. The van der Waals surface area contributed by atoms with E-state index < -0.39 is 0 Å². The molecule has 3 aromatic carbocycles. The van der Waals surface area contributed by atoms with E-state index in [1.807, 2.05) is 30.3 Å². The molecule has 5 nitrogen and oxygen atoms in total. The molecule has 0 saturated heterocycles. The van der Waals surface area contributed by atoms with Gasteiger partial charge in [0.2, 0.25) is 5.75 Å². The Morgan fingerprint density at radius 2 is 1.50 bits per heavy atom. The van der Waals surface area contributed by atoms with Gasteiger partial charge in [0.25, 0.3) is 0 Å². The van der Waals surface area contributed by atoms with Crippen LogP contribution >= 0.6 is 23.2 Å². The molecule has 0 aliphatic heterocycles. The molecule has 28 heavy (non-hydrogen) atoms. The second-order valence-corrected chi connectivity index (χ2v) is 6.58. The quantitative estimate of drug-likeness (QED) is 0.501. The number of hydrogen-bond acceptors (Lipinski definition) is 5. The summed E-state index contributed by atoms with van der Waals surface area (Å²) in [5.74, 6) is 1.43. The van der Waals surface area contributed by atoms with Crippen LogP contribution in [0.3, 0.4) is 0 Å². The van der Waals surface area contributed by atoms with Crippen molar-refractivity contribution in [3.05, 3.63) is 70.2 Å². The van der Waals surface area contributed by atoms with Crippen molar-refractivity contribution in [3.8, 4) is 34.5 Å². The van der Waals surface area contributed by atoms with Crippen molar-refractivity contribution in [1.82, 2.24) is 0 Å². The number of rotatable bonds is 7. The molecule has 0 heterocycles. The van der Waals surface area contributed by atoms with Crippen LogP contribution in [-0.4, -0.2) is 19.3 Å². The molecular weight excluding hydrogens is 403 g/mol. The topological polar surface area (TPSA) is 57.2 Å². The standard InChI is InChI=1S/C21H18Cl2O5/c1-25-14-10-18(24)21(26-2)19(11-14)28-15-8-16(22)20(17(23)9-15)27-12-13-6-4-3-5-7-13/h3-11,24H,12H2,1-2H3. The van der Waals surface area contributed by atoms with E-state index in [2.05, 4.69) is 0 Å². The third-order valence-electron chi connectivity index (χ3n) is 3.87. The molecule has 0 aliphatic rings. The molecular formula is C21H18Cl2O5. The SMILES string of the molecule is COc1cc(O)c(OC)c(Oc2cc(Cl)c(OCc3ccccc3)c(Cl)c2)c1. The van der Waals surface area contributed by atoms with Gasteiger partial charge in [-0.1, -0.05) is 53.5 Å². The molecule has 0 fully saturated rings. The summed E-state index contributed by atoms with van der Waals surface area (Å²) in [4.78, 5) is 0. The summed E-state index contributed by atoms with van der Waals surface area (Å²) >= 11 is 12.7. The third-order valence-corrected chi connectivity index (χ3v) is 4.44. The number of aromatic hydroxyl groups is 1. The van der Waals surface area contributed by atoms with Gasteiger partial charge in [-0.15, -0.1) is 0 Å². The zero-order chi connectivity index (χ0) is 20.1. The van der Waals surface area contributed by atoms with Crippen molar-refractivity contribution in [2.75, 3.05) is 14.2 Å². The maximum atomic E-state index is 10.1. The van der Waals surface area contributed by atoms with Crippen molar-refractivity contribution < 1.29 is 24.1 Å². The van der Waals surface area contributed by atoms with Crippen molar-refractivity contribution in [1.29, 1.82) is 0 Å². The first-order valence-corrected chi connectivity index (χ1v) is 9.06. The molecule has 0 radical (unpaired) electrons. The number of ether oxygens (including phenoxy) is 4. The van der Waals surface area contributed by atoms with Gasteiger partial charge >= 0.3 is 0 Å². The van der Waals surface area contributed by atoms with E-state index in [0.717, 1.165) is 5.56 Å². The largest absolute Gasteiger partial charge is 0.504 e. The van der Waals surface area contributed by atoms with Gasteiger partial charge in [0.1, 0.15) is 18.1 Å². The normalized spacial score (nSPS) is 10.4. The number of methoxy groups -OCH3 is 2. The molecule has 0 aromatic heterocycles. The molecule has 0 bridgehead atoms. The van der Waals surface area contributed by atoms with Gasteiger partial charge in [-0.3, -0.25) is 0 Å². The summed E-state index contributed by atoms with van der Waals surface area (Å²) in [5, 5.41) is 10.6. The molecule has 0 atom stereocenters. The van der Waals surface area contributed by atoms with Crippen LogP contribution in [0.2, 0.25) is 10.0 Å². The van der Waals surface area contributed by atoms with Gasteiger partial charge in [0.05, 0.1) is 24.3 Å². The van der Waals surface area contributed by atoms with Crippen LogP contribution in [0.1, 0.15) is 5.56 Å². The van der Waals surface area contributed by atoms with Gasteiger partial charge in [-0.05, 0) is 5.56 Å². The fourth-order valence-corrected chi connectivity index (χ4v) is 3.13. The Morgan fingerprint density at radius 3 is 2.11 bits per heavy atom. The smallest absolute Gasteiger partial charge is 0.203 e. The Balaban J connectivity index is 1.84. The zero-order valence-electron chi connectivity index (χ0n) is 15.2. The van der Waals surface area contributed by atoms with Crippen molar-refractivity contribution in [2.24, 2.45) is 0 Å². The maximum absolute atomic E-state index is 10.1. The van der Waals surface area contributed by atoms with Crippen LogP contribution < -0.4 is 18.9 Å². The van der Waals surface area contributed by atoms with E-state index in [4.69, 9.17) is 42.1 Å². The van der Waals surface area contributed by atoms with Crippen molar-refractivity contribution in [2.45, 2.75) is 6.61 Å². The van der Waals surface area contributed by atoms with Crippen LogP contribution in [0.4, 0.5) is 0 Å². The van der Waals surface area contributed by atoms with E-state index in [-0.39, 0.29) is 17.2 Å². The summed E-state index contributed by atoms with van der Waals surface area (Å²) in [6.07, 6.45) is 0. The molecule has 7 heteroatoms. The predicted octanol–water partition coefficient (Wildman–Crippen LogP) is 6.09. The minimum Gasteiger partial charge on any atom is -0.504 e. The van der Waals surface area contributed by atoms with Crippen LogP contribution in [0.5, 0.6) is 34.5 Å². The lowest BCUT2D eigenvalue weighted by atomic mass is 10.2. The lowest BCUT2D eigenvalue weighted by Crippen LogP contribution is -1.97. The van der Waals surface area contributed by atoms with E-state index >= 15 is 0 Å². The predicted molar refractivity (Wildman–Crippen MR) is 109 cm³/mol. The fraction of sp³-hybridized carbons (Fsp3) is 0.143. The summed E-state index contributed by atoms with van der Waals surface area (Å²) < 4.78 is 21.9. The van der Waals surface area contributed by atoms with Crippen molar-refractivity contribution in [3.63, 3.8) is 0 Å². The Bertz CT molecular complexity index is 938. The Hall–Kier alpha value is -2.76. The first kappa shape index (κ1) is 20.0. The van der Waals surface area contributed by atoms with Crippen LogP contribution in [0.15, 0.2) is 54.6 Å². The summed E-state index contributed by atoms with van der Waals surface area (Å²) in [5.41, 5.74) is 0.992. The fourth-order valence-electron chi connectivity index (χ4n) is 2.55. The molecule has 0 saturated carbocycles. The molecule has 0 unspecified atom stereocenters. The number of phenols is 1. The van der Waals surface area contributed by atoms with Gasteiger partial charge in [-0.25, -0.2) is 0 Å². The summed E-state index contributed by atoms with van der Waals surface area (Å²) in [6, 6.07) is 15.8. The van der Waals surface area contributed by atoms with E-state index in [1.54, 1.807) is 18.2 Å². The molecule has 3 aromatic rings. The summed E-state index contributed by atoms with van der Waals surface area (Å²) in [6.45, 7) is 0.331. The Kier molecular flexibility index (Phi) is 6.39. The zero-order valence-corrected chi connectivity index (χ0v) is 16.8. The van der Waals surface area contributed by atoms with Crippen LogP contribution in [0, 0.1) is 0 Å². The lowest BCUT2D eigenvalue weighted by molar-refractivity contribution is 0.306. The monoisotopic (exact) mass is 420 g/mol. The van der Waals surface area contributed by atoms with E-state index in [1.165, 1.54) is 20.3 Å². The first-order valence-electron chi connectivity index (χ1n) is 8.30. The first-order chi connectivity index (χ1) is 13.5. The average Bonchev–Trinajstić information content (AvgIpc) is 2.68. The molecule has 3 rings (SSSR count). The van der Waals surface area contributed by atoms with Crippen LogP contribution in [-0.2, 0) is 6.61 Å². The number of hydrogen-bond donors (Lipinski definition) is 1. The van der Waals surface area contributed by atoms with Crippen LogP contribution in [0.25, 0.3) is 0 Å². The van der Waals surface area contributed by atoms with Gasteiger partial charge in [0.15, 0.2) is 17.2 Å². The highest BCUT2D eigenvalue weighted by molar-refractivity contribution is 6.37. The van der Waals surface area contributed by atoms with E-state index in [9.17, 15) is 5.11 Å². The highest BCUT2D eigenvalue weighted by atomic mass is 35.5. The maximum Gasteiger partial charge on any atom is 0.203 e. The molecule has 0 aliphatic carbocycles. The second-order valence-electron chi connectivity index (χ2n) is 5.77. The minimum atomic E-state index is -0.114. The number of halogens is 2. The third kappa shape index (κ3) is 4.55. The van der Waals surface area contributed by atoms with Crippen molar-refractivity contribution >= 4 is 23.2 Å². The minimum absolute atomic E-state index is 0.114. The molecule has 1 N–H and O–H groups in total. The Labute approximate surface area is 172 Å². The number of phenolic OH excluding ortho intramolecular Hbond substituents is 1. The van der Waals surface area contributed by atoms with Gasteiger partial charge in [-0.2, -0.15) is 0 Å². The average molecular weight is 421 g/mol. The van der Waals surface area contributed by atoms with E-state index in [0.29, 0.717) is 33.9 Å². The van der Waals surface area contributed by atoms with Gasteiger partial charge in [0, 0.05) is 24.3 Å². The second kappa shape index (κ2) is 8.95. The lowest BCUT2D eigenvalue weighted by Gasteiger charge is -2.15. The molecule has 0 spiro atoms. The highest BCUT2D eigenvalue weighted by Gasteiger charge is 2.16. The molecule has 0 amide bonds. The molecule has 146 valence electrons. The number of benzene rings is 3.